The number of nitrogens with zero attached hydrogens (tertiary/aromatic N) is 1. The van der Waals surface area contributed by atoms with E-state index in [1.807, 2.05) is 30.9 Å². The number of likely N-dealkylation sites (tertiary alicyclic amines) is 1. The fourth-order valence-corrected chi connectivity index (χ4v) is 6.35. The van der Waals surface area contributed by atoms with Crippen molar-refractivity contribution >= 4 is 17.8 Å². The van der Waals surface area contributed by atoms with E-state index in [1.165, 1.54) is 19.4 Å². The molecule has 4 saturated heterocycles. The number of epoxide rings is 1. The van der Waals surface area contributed by atoms with Gasteiger partial charge in [0.15, 0.2) is 0 Å². The zero-order valence-electron chi connectivity index (χ0n) is 26.3. The van der Waals surface area contributed by atoms with Crippen LogP contribution in [0, 0.1) is 5.92 Å². The highest BCUT2D eigenvalue weighted by molar-refractivity contribution is 5.87. The second-order valence-corrected chi connectivity index (χ2v) is 12.8. The van der Waals surface area contributed by atoms with Crippen molar-refractivity contribution in [2.24, 2.45) is 5.92 Å². The number of carbonyl (C=O) groups is 3. The van der Waals surface area contributed by atoms with E-state index in [0.29, 0.717) is 19.4 Å². The Bertz CT molecular complexity index is 1080. The van der Waals surface area contributed by atoms with Gasteiger partial charge in [0.05, 0.1) is 37.4 Å². The molecule has 0 radical (unpaired) electrons. The molecule has 0 aliphatic carbocycles. The number of allylic oxidation sites excluding steroid dienone is 2. The molecule has 9 atom stereocenters. The number of hydrogen-bond acceptors (Lipinski definition) is 8. The van der Waals surface area contributed by atoms with Gasteiger partial charge in [-0.25, -0.2) is 0 Å². The highest BCUT2D eigenvalue weighted by Crippen LogP contribution is 2.43. The van der Waals surface area contributed by atoms with Gasteiger partial charge in [0, 0.05) is 32.5 Å². The van der Waals surface area contributed by atoms with E-state index in [9.17, 15) is 19.5 Å². The predicted molar refractivity (Wildman–Crippen MR) is 161 cm³/mol. The van der Waals surface area contributed by atoms with Gasteiger partial charge in [-0.15, -0.1) is 0 Å². The molecule has 0 aromatic heterocycles. The van der Waals surface area contributed by atoms with Crippen LogP contribution >= 0.6 is 0 Å². The third kappa shape index (κ3) is 9.48. The third-order valence-corrected chi connectivity index (χ3v) is 9.03. The Morgan fingerprint density at radius 1 is 1.12 bits per heavy atom. The molecule has 240 valence electrons. The van der Waals surface area contributed by atoms with Crippen molar-refractivity contribution in [3.63, 3.8) is 0 Å². The molecule has 10 nitrogen and oxygen atoms in total. The quantitative estimate of drug-likeness (QED) is 0.169. The topological polar surface area (TPSA) is 127 Å². The molecule has 10 heteroatoms. The Morgan fingerprint density at radius 3 is 2.51 bits per heavy atom. The number of carbonyl (C=O) groups excluding carboxylic acids is 3. The van der Waals surface area contributed by atoms with Gasteiger partial charge in [0.1, 0.15) is 23.9 Å². The second kappa shape index (κ2) is 15.0. The average Bonchev–Trinajstić information content (AvgIpc) is 3.74. The minimum atomic E-state index is -0.771. The summed E-state index contributed by atoms with van der Waals surface area (Å²) in [7, 11) is 0. The fraction of sp³-hybridized carbons (Fsp3) is 0.727. The molecule has 4 heterocycles. The normalized spacial score (nSPS) is 35.7. The predicted octanol–water partition coefficient (Wildman–Crippen LogP) is 3.38. The van der Waals surface area contributed by atoms with E-state index < -0.39 is 29.9 Å². The lowest BCUT2D eigenvalue weighted by Crippen LogP contribution is -2.51. The number of aliphatic hydroxyl groups excluding tert-OH is 1. The number of nitrogens with one attached hydrogen (secondary N) is 1. The van der Waals surface area contributed by atoms with Crippen molar-refractivity contribution in [1.82, 2.24) is 10.2 Å². The van der Waals surface area contributed by atoms with Crippen LogP contribution < -0.4 is 5.32 Å². The standard InChI is InChI=1S/C33H50N2O8/c1-21(9-12-28-22(2)17-27(24(4)42-28)34-30(37)14-11-23(3)41-25(5)36)10-13-29-32(39)33(20-40-33)19-26(43-29)18-31(38)35-15-7-6-8-16-35/h9-11,13-14,22-24,26-29,32,39H,6-8,12,15-20H2,1-5H3,(H,34,37)/b13-10+,14-11-,21-9+/t22-,23-,24+,26+,27+,28-,29+,32+,33+/m0/s1. The molecule has 1 spiro atoms. The van der Waals surface area contributed by atoms with Crippen molar-refractivity contribution in [3.05, 3.63) is 36.0 Å². The summed E-state index contributed by atoms with van der Waals surface area (Å²) in [6.07, 6.45) is 12.4. The van der Waals surface area contributed by atoms with Crippen molar-refractivity contribution in [3.8, 4) is 0 Å². The lowest BCUT2D eigenvalue weighted by Gasteiger charge is -2.39. The fourth-order valence-electron chi connectivity index (χ4n) is 6.35. The van der Waals surface area contributed by atoms with Crippen LogP contribution in [0.25, 0.3) is 0 Å². The summed E-state index contributed by atoms with van der Waals surface area (Å²) in [5, 5.41) is 14.0. The molecule has 0 unspecified atom stereocenters. The molecule has 2 N–H and O–H groups in total. The third-order valence-electron chi connectivity index (χ3n) is 9.03. The molecule has 0 saturated carbocycles. The van der Waals surface area contributed by atoms with Gasteiger partial charge < -0.3 is 34.3 Å². The van der Waals surface area contributed by atoms with E-state index in [2.05, 4.69) is 18.3 Å². The molecule has 4 aliphatic rings. The lowest BCUT2D eigenvalue weighted by atomic mass is 9.87. The highest BCUT2D eigenvalue weighted by Gasteiger charge is 2.58. The maximum absolute atomic E-state index is 12.9. The Labute approximate surface area is 255 Å². The molecule has 4 aliphatic heterocycles. The van der Waals surface area contributed by atoms with Crippen molar-refractivity contribution < 1.29 is 38.4 Å². The van der Waals surface area contributed by atoms with Gasteiger partial charge in [0.25, 0.3) is 0 Å². The Morgan fingerprint density at radius 2 is 1.84 bits per heavy atom. The largest absolute Gasteiger partial charge is 0.459 e. The minimum Gasteiger partial charge on any atom is -0.459 e. The first-order chi connectivity index (χ1) is 20.5. The van der Waals surface area contributed by atoms with Gasteiger partial charge in [-0.05, 0) is 64.9 Å². The molecule has 4 rings (SSSR count). The molecule has 0 bridgehead atoms. The van der Waals surface area contributed by atoms with E-state index >= 15 is 0 Å². The van der Waals surface area contributed by atoms with E-state index in [0.717, 1.165) is 44.3 Å². The second-order valence-electron chi connectivity index (χ2n) is 12.8. The maximum Gasteiger partial charge on any atom is 0.303 e. The summed E-state index contributed by atoms with van der Waals surface area (Å²) in [5.41, 5.74) is 0.417. The summed E-state index contributed by atoms with van der Waals surface area (Å²) in [4.78, 5) is 38.2. The Balaban J connectivity index is 1.26. The molecular formula is C33H50N2O8. The number of piperidine rings is 1. The number of esters is 1. The Hall–Kier alpha value is -2.53. The molecular weight excluding hydrogens is 552 g/mol. The van der Waals surface area contributed by atoms with Gasteiger partial charge in [-0.1, -0.05) is 30.7 Å². The van der Waals surface area contributed by atoms with Gasteiger partial charge in [-0.3, -0.25) is 14.4 Å². The number of ether oxygens (including phenoxy) is 4. The van der Waals surface area contributed by atoms with Crippen LogP contribution in [0.3, 0.4) is 0 Å². The van der Waals surface area contributed by atoms with E-state index in [1.54, 1.807) is 13.0 Å². The van der Waals surface area contributed by atoms with Gasteiger partial charge in [0.2, 0.25) is 11.8 Å². The SMILES string of the molecule is CC(=O)O[C@@H](C)/C=C\C(=O)N[C@@H]1C[C@H](C)[C@H](C/C=C(C)/C=C/[C@H]2O[C@H](CC(=O)N3CCCCC3)C[C@@]3(CO3)[C@@H]2O)O[C@@H]1C. The summed E-state index contributed by atoms with van der Waals surface area (Å²) in [6, 6.07) is -0.117. The monoisotopic (exact) mass is 602 g/mol. The summed E-state index contributed by atoms with van der Waals surface area (Å²) in [5.74, 6) is -0.280. The van der Waals surface area contributed by atoms with Crippen LogP contribution in [0.5, 0.6) is 0 Å². The summed E-state index contributed by atoms with van der Waals surface area (Å²) in [6.45, 7) is 11.3. The first-order valence-electron chi connectivity index (χ1n) is 15.9. The first-order valence-corrected chi connectivity index (χ1v) is 15.9. The number of amides is 2. The van der Waals surface area contributed by atoms with Crippen LogP contribution in [-0.2, 0) is 33.3 Å². The molecule has 0 aromatic rings. The molecule has 4 fully saturated rings. The molecule has 2 amide bonds. The number of hydrogen-bond donors (Lipinski definition) is 2. The van der Waals surface area contributed by atoms with Crippen LogP contribution in [0.4, 0.5) is 0 Å². The summed E-state index contributed by atoms with van der Waals surface area (Å²) >= 11 is 0. The van der Waals surface area contributed by atoms with E-state index in [4.69, 9.17) is 18.9 Å². The minimum absolute atomic E-state index is 0.0101. The maximum atomic E-state index is 12.9. The summed E-state index contributed by atoms with van der Waals surface area (Å²) < 4.78 is 23.2. The van der Waals surface area contributed by atoms with Crippen molar-refractivity contribution in [1.29, 1.82) is 0 Å². The Kier molecular flexibility index (Phi) is 11.6. The zero-order chi connectivity index (χ0) is 31.1. The molecule has 43 heavy (non-hydrogen) atoms. The lowest BCUT2D eigenvalue weighted by molar-refractivity contribution is -0.151. The smallest absolute Gasteiger partial charge is 0.303 e. The van der Waals surface area contributed by atoms with E-state index in [-0.39, 0.29) is 42.1 Å². The van der Waals surface area contributed by atoms with Gasteiger partial charge >= 0.3 is 5.97 Å². The van der Waals surface area contributed by atoms with Crippen LogP contribution in [0.15, 0.2) is 36.0 Å². The number of aliphatic hydroxyl groups is 1. The first kappa shape index (κ1) is 33.4. The van der Waals surface area contributed by atoms with Crippen LogP contribution in [0.2, 0.25) is 0 Å². The molecule has 0 aromatic carbocycles. The van der Waals surface area contributed by atoms with Crippen LogP contribution in [0.1, 0.15) is 79.6 Å². The van der Waals surface area contributed by atoms with Gasteiger partial charge in [-0.2, -0.15) is 0 Å². The van der Waals surface area contributed by atoms with Crippen molar-refractivity contribution in [2.45, 2.75) is 128 Å². The van der Waals surface area contributed by atoms with Crippen LogP contribution in [-0.4, -0.2) is 95.8 Å². The van der Waals surface area contributed by atoms with Crippen molar-refractivity contribution in [2.75, 3.05) is 19.7 Å². The average molecular weight is 603 g/mol. The highest BCUT2D eigenvalue weighted by atomic mass is 16.6. The number of rotatable bonds is 10. The zero-order valence-corrected chi connectivity index (χ0v) is 26.3.